The van der Waals surface area contributed by atoms with Gasteiger partial charge in [0.05, 0.1) is 23.7 Å². The molecule has 2 aromatic carbocycles. The van der Waals surface area contributed by atoms with Gasteiger partial charge in [-0.25, -0.2) is 0 Å². The monoisotopic (exact) mass is 462 g/mol. The minimum Gasteiger partial charge on any atom is -0.507 e. The molecule has 1 unspecified atom stereocenters. The number of Topliss-reactive ketones (excluding diaryl/α,β-unsaturated/α-hetero) is 1. The van der Waals surface area contributed by atoms with Crippen molar-refractivity contribution in [1.82, 2.24) is 9.88 Å². The number of methoxy groups -OCH3 is 1. The number of ketones is 1. The number of carbonyl (C=O) groups excluding carboxylic acids is 2. The Hall–Kier alpha value is -3.64. The van der Waals surface area contributed by atoms with E-state index in [-0.39, 0.29) is 17.9 Å². The summed E-state index contributed by atoms with van der Waals surface area (Å²) in [5.41, 5.74) is 4.03. The summed E-state index contributed by atoms with van der Waals surface area (Å²) in [4.78, 5) is 31.9. The van der Waals surface area contributed by atoms with E-state index in [9.17, 15) is 14.7 Å². The van der Waals surface area contributed by atoms with Crippen LogP contribution < -0.4 is 4.74 Å². The van der Waals surface area contributed by atoms with E-state index in [1.165, 1.54) is 12.0 Å². The number of amides is 1. The fraction of sp³-hybridized carbons (Fsp3) is 0.192. The summed E-state index contributed by atoms with van der Waals surface area (Å²) in [7, 11) is 1.46. The predicted octanol–water partition coefficient (Wildman–Crippen LogP) is 4.98. The van der Waals surface area contributed by atoms with E-state index >= 15 is 0 Å². The Kier molecular flexibility index (Phi) is 6.20. The number of likely N-dealkylation sites (tertiary alicyclic amines) is 1. The number of hydrogen-bond donors (Lipinski definition) is 1. The second-order valence-electron chi connectivity index (χ2n) is 7.99. The maximum Gasteiger partial charge on any atom is 0.295 e. The number of halogens is 1. The molecule has 0 aliphatic carbocycles. The summed E-state index contributed by atoms with van der Waals surface area (Å²) in [6.45, 7) is 4.17. The molecule has 0 bridgehead atoms. The minimum atomic E-state index is -0.769. The van der Waals surface area contributed by atoms with Gasteiger partial charge in [0, 0.05) is 24.5 Å². The summed E-state index contributed by atoms with van der Waals surface area (Å²) in [5, 5.41) is 11.6. The van der Waals surface area contributed by atoms with Gasteiger partial charge in [-0.1, -0.05) is 35.4 Å². The Morgan fingerprint density at radius 2 is 1.82 bits per heavy atom. The molecule has 1 amide bonds. The van der Waals surface area contributed by atoms with Crippen LogP contribution >= 0.6 is 11.6 Å². The van der Waals surface area contributed by atoms with Crippen LogP contribution in [0.3, 0.4) is 0 Å². The molecule has 168 valence electrons. The number of ether oxygens (including phenoxy) is 1. The number of pyridine rings is 1. The van der Waals surface area contributed by atoms with Crippen LogP contribution in [-0.2, 0) is 16.1 Å². The van der Waals surface area contributed by atoms with Crippen molar-refractivity contribution in [3.8, 4) is 5.75 Å². The van der Waals surface area contributed by atoms with Crippen LogP contribution in [0.5, 0.6) is 5.75 Å². The van der Waals surface area contributed by atoms with E-state index in [1.807, 2.05) is 32.0 Å². The highest BCUT2D eigenvalue weighted by Gasteiger charge is 2.46. The molecule has 1 atom stereocenters. The molecule has 1 aliphatic rings. The molecule has 2 heterocycles. The first-order valence-corrected chi connectivity index (χ1v) is 10.8. The summed E-state index contributed by atoms with van der Waals surface area (Å²) >= 11 is 6.12. The second kappa shape index (κ2) is 9.08. The van der Waals surface area contributed by atoms with E-state index in [0.717, 1.165) is 16.7 Å². The number of hydrogen-bond acceptors (Lipinski definition) is 5. The lowest BCUT2D eigenvalue weighted by molar-refractivity contribution is -0.140. The summed E-state index contributed by atoms with van der Waals surface area (Å²) in [6, 6.07) is 13.4. The highest BCUT2D eigenvalue weighted by atomic mass is 35.5. The fourth-order valence-corrected chi connectivity index (χ4v) is 4.25. The molecule has 0 spiro atoms. The van der Waals surface area contributed by atoms with Gasteiger partial charge < -0.3 is 14.7 Å². The Morgan fingerprint density at radius 3 is 2.52 bits per heavy atom. The van der Waals surface area contributed by atoms with Gasteiger partial charge in [0.1, 0.15) is 11.5 Å². The topological polar surface area (TPSA) is 79.7 Å². The Balaban J connectivity index is 1.87. The van der Waals surface area contributed by atoms with E-state index in [2.05, 4.69) is 4.98 Å². The molecule has 4 rings (SSSR count). The third kappa shape index (κ3) is 4.22. The molecular formula is C26H23ClN2O4. The van der Waals surface area contributed by atoms with Crippen molar-refractivity contribution in [3.63, 3.8) is 0 Å². The van der Waals surface area contributed by atoms with Crippen LogP contribution in [0, 0.1) is 13.8 Å². The number of aliphatic hydroxyl groups excluding tert-OH is 1. The molecular weight excluding hydrogens is 440 g/mol. The third-order valence-electron chi connectivity index (χ3n) is 5.83. The van der Waals surface area contributed by atoms with Crippen molar-refractivity contribution in [2.24, 2.45) is 0 Å². The van der Waals surface area contributed by atoms with Crippen molar-refractivity contribution < 1.29 is 19.4 Å². The second-order valence-corrected chi connectivity index (χ2v) is 8.39. The molecule has 1 aliphatic heterocycles. The molecule has 1 aromatic heterocycles. The molecule has 0 radical (unpaired) electrons. The molecule has 1 N–H and O–H groups in total. The van der Waals surface area contributed by atoms with Crippen molar-refractivity contribution in [2.75, 3.05) is 7.11 Å². The van der Waals surface area contributed by atoms with Gasteiger partial charge in [-0.05, 0) is 60.9 Å². The van der Waals surface area contributed by atoms with Gasteiger partial charge >= 0.3 is 0 Å². The van der Waals surface area contributed by atoms with Crippen LogP contribution in [-0.4, -0.2) is 33.8 Å². The van der Waals surface area contributed by atoms with Crippen LogP contribution in [0.25, 0.3) is 5.76 Å². The molecule has 3 aromatic rings. The van der Waals surface area contributed by atoms with E-state index in [4.69, 9.17) is 16.3 Å². The largest absolute Gasteiger partial charge is 0.507 e. The van der Waals surface area contributed by atoms with E-state index in [1.54, 1.807) is 42.7 Å². The number of benzene rings is 2. The van der Waals surface area contributed by atoms with Crippen LogP contribution in [0.1, 0.15) is 33.9 Å². The zero-order chi connectivity index (χ0) is 23.7. The van der Waals surface area contributed by atoms with Gasteiger partial charge in [-0.15, -0.1) is 0 Å². The fourth-order valence-electron chi connectivity index (χ4n) is 4.05. The number of aromatic nitrogens is 1. The number of nitrogens with zero attached hydrogens (tertiary/aromatic N) is 2. The van der Waals surface area contributed by atoms with Gasteiger partial charge in [-0.3, -0.25) is 14.6 Å². The number of carbonyl (C=O) groups is 2. The molecule has 7 heteroatoms. The number of aliphatic hydroxyl groups is 1. The normalized spacial score (nSPS) is 17.5. The van der Waals surface area contributed by atoms with Crippen LogP contribution in [0.2, 0.25) is 5.02 Å². The Morgan fingerprint density at radius 1 is 1.09 bits per heavy atom. The number of rotatable bonds is 5. The first-order chi connectivity index (χ1) is 15.8. The van der Waals surface area contributed by atoms with E-state index < -0.39 is 17.7 Å². The summed E-state index contributed by atoms with van der Waals surface area (Å²) in [5.74, 6) is -1.34. The smallest absolute Gasteiger partial charge is 0.295 e. The Labute approximate surface area is 197 Å². The highest BCUT2D eigenvalue weighted by Crippen LogP contribution is 2.41. The first-order valence-electron chi connectivity index (χ1n) is 10.4. The predicted molar refractivity (Wildman–Crippen MR) is 126 cm³/mol. The third-order valence-corrected chi connectivity index (χ3v) is 6.14. The van der Waals surface area contributed by atoms with Gasteiger partial charge in [-0.2, -0.15) is 0 Å². The van der Waals surface area contributed by atoms with Gasteiger partial charge in [0.2, 0.25) is 0 Å². The van der Waals surface area contributed by atoms with Crippen molar-refractivity contribution in [1.29, 1.82) is 0 Å². The standard InChI is InChI=1S/C26H23ClN2O4/c1-15-4-5-16(2)19(12-15)14-29-23(17-8-10-28-11-9-17)22(25(31)26(29)32)24(30)18-6-7-20(27)21(13-18)33-3/h4-13,23,30H,14H2,1-3H3/b24-22-. The zero-order valence-corrected chi connectivity index (χ0v) is 19.3. The van der Waals surface area contributed by atoms with Crippen molar-refractivity contribution >= 4 is 29.1 Å². The molecule has 0 saturated carbocycles. The number of aryl methyl sites for hydroxylation is 2. The maximum atomic E-state index is 13.2. The lowest BCUT2D eigenvalue weighted by Gasteiger charge is -2.26. The quantitative estimate of drug-likeness (QED) is 0.328. The van der Waals surface area contributed by atoms with Crippen LogP contribution in [0.15, 0.2) is 66.5 Å². The van der Waals surface area contributed by atoms with Crippen molar-refractivity contribution in [3.05, 3.63) is 99.3 Å². The minimum absolute atomic E-state index is 0.0147. The average molecular weight is 463 g/mol. The highest BCUT2D eigenvalue weighted by molar-refractivity contribution is 6.46. The maximum absolute atomic E-state index is 13.2. The van der Waals surface area contributed by atoms with Crippen molar-refractivity contribution in [2.45, 2.75) is 26.4 Å². The van der Waals surface area contributed by atoms with E-state index in [0.29, 0.717) is 21.9 Å². The van der Waals surface area contributed by atoms with Gasteiger partial charge in [0.25, 0.3) is 11.7 Å². The summed E-state index contributed by atoms with van der Waals surface area (Å²) < 4.78 is 5.25. The Bertz CT molecular complexity index is 1270. The average Bonchev–Trinajstić information content (AvgIpc) is 3.06. The molecule has 1 saturated heterocycles. The van der Waals surface area contributed by atoms with Gasteiger partial charge in [0.15, 0.2) is 0 Å². The first kappa shape index (κ1) is 22.6. The molecule has 33 heavy (non-hydrogen) atoms. The lowest BCUT2D eigenvalue weighted by atomic mass is 9.95. The van der Waals surface area contributed by atoms with Crippen LogP contribution in [0.4, 0.5) is 0 Å². The lowest BCUT2D eigenvalue weighted by Crippen LogP contribution is -2.29. The molecule has 1 fully saturated rings. The SMILES string of the molecule is COc1cc(/C(O)=C2/C(=O)C(=O)N(Cc3cc(C)ccc3C)C2c2ccncc2)ccc1Cl. The zero-order valence-electron chi connectivity index (χ0n) is 18.5. The molecule has 6 nitrogen and oxygen atoms in total. The summed E-state index contributed by atoms with van der Waals surface area (Å²) in [6.07, 6.45) is 3.19.